The first-order valence-electron chi connectivity index (χ1n) is 9.49. The Morgan fingerprint density at radius 3 is 2.23 bits per heavy atom. The highest BCUT2D eigenvalue weighted by Crippen LogP contribution is 2.18. The fourth-order valence-corrected chi connectivity index (χ4v) is 3.59. The van der Waals surface area contributed by atoms with Gasteiger partial charge in [-0.2, -0.15) is 0 Å². The Bertz CT molecular complexity index is 1070. The first kappa shape index (κ1) is 22.0. The van der Waals surface area contributed by atoms with Crippen LogP contribution in [0.25, 0.3) is 0 Å². The number of thioether (sulfide) groups is 1. The van der Waals surface area contributed by atoms with Gasteiger partial charge in [-0.15, -0.1) is 10.2 Å². The summed E-state index contributed by atoms with van der Waals surface area (Å²) in [6.45, 7) is 2.47. The van der Waals surface area contributed by atoms with Crippen molar-refractivity contribution in [1.82, 2.24) is 14.8 Å². The molecule has 3 rings (SSSR count). The van der Waals surface area contributed by atoms with Crippen molar-refractivity contribution in [3.63, 3.8) is 0 Å². The summed E-state index contributed by atoms with van der Waals surface area (Å²) in [5.41, 5.74) is 1.36. The monoisotopic (exact) mass is 439 g/mol. The van der Waals surface area contributed by atoms with Crippen LogP contribution in [-0.2, 0) is 22.6 Å². The van der Waals surface area contributed by atoms with Gasteiger partial charge in [0.25, 0.3) is 0 Å². The fourth-order valence-electron chi connectivity index (χ4n) is 2.77. The SMILES string of the molecule is CCn1c(CC(=O)Nc2ccccc2)nnc1SCC(=O)Nc1ccc(C(=O)O)cc1. The lowest BCUT2D eigenvalue weighted by Gasteiger charge is -2.08. The highest BCUT2D eigenvalue weighted by atomic mass is 32.2. The van der Waals surface area contributed by atoms with Crippen LogP contribution >= 0.6 is 11.8 Å². The lowest BCUT2D eigenvalue weighted by molar-refractivity contribution is -0.116. The Morgan fingerprint density at radius 2 is 1.58 bits per heavy atom. The molecule has 0 saturated carbocycles. The Hall–Kier alpha value is -3.66. The van der Waals surface area contributed by atoms with E-state index < -0.39 is 5.97 Å². The third-order valence-corrected chi connectivity index (χ3v) is 5.20. The van der Waals surface area contributed by atoms with Gasteiger partial charge in [0.15, 0.2) is 5.16 Å². The maximum atomic E-state index is 12.3. The van der Waals surface area contributed by atoms with E-state index in [0.717, 1.165) is 0 Å². The summed E-state index contributed by atoms with van der Waals surface area (Å²) >= 11 is 1.21. The van der Waals surface area contributed by atoms with Crippen LogP contribution in [0.2, 0.25) is 0 Å². The molecule has 0 aliphatic carbocycles. The molecule has 0 fully saturated rings. The van der Waals surface area contributed by atoms with Crippen molar-refractivity contribution in [2.75, 3.05) is 16.4 Å². The first-order chi connectivity index (χ1) is 15.0. The maximum Gasteiger partial charge on any atom is 0.335 e. The second-order valence-electron chi connectivity index (χ2n) is 6.45. The summed E-state index contributed by atoms with van der Waals surface area (Å²) in [6.07, 6.45) is 0.0679. The summed E-state index contributed by atoms with van der Waals surface area (Å²) in [7, 11) is 0. The van der Waals surface area contributed by atoms with Crippen LogP contribution in [-0.4, -0.2) is 43.4 Å². The number of carboxylic acids is 1. The average molecular weight is 439 g/mol. The number of nitrogens with zero attached hydrogens (tertiary/aromatic N) is 3. The van der Waals surface area contributed by atoms with Gasteiger partial charge in [-0.25, -0.2) is 4.79 Å². The third-order valence-electron chi connectivity index (χ3n) is 4.23. The molecule has 0 saturated heterocycles. The number of anilines is 2. The van der Waals surface area contributed by atoms with Crippen LogP contribution in [0.3, 0.4) is 0 Å². The molecule has 0 radical (unpaired) electrons. The quantitative estimate of drug-likeness (QED) is 0.438. The van der Waals surface area contributed by atoms with Gasteiger partial charge in [-0.1, -0.05) is 30.0 Å². The predicted molar refractivity (Wildman–Crippen MR) is 117 cm³/mol. The molecule has 1 aromatic heterocycles. The molecule has 1 heterocycles. The van der Waals surface area contributed by atoms with E-state index in [0.29, 0.717) is 28.9 Å². The number of carboxylic acid groups (broad SMARTS) is 1. The van der Waals surface area contributed by atoms with Gasteiger partial charge in [-0.3, -0.25) is 9.59 Å². The number of amides is 2. The van der Waals surface area contributed by atoms with E-state index >= 15 is 0 Å². The number of carbonyl (C=O) groups is 3. The van der Waals surface area contributed by atoms with E-state index in [9.17, 15) is 14.4 Å². The Kier molecular flexibility index (Phi) is 7.39. The van der Waals surface area contributed by atoms with Crippen LogP contribution in [0.5, 0.6) is 0 Å². The smallest absolute Gasteiger partial charge is 0.335 e. The number of rotatable bonds is 9. The minimum absolute atomic E-state index is 0.0679. The first-order valence-corrected chi connectivity index (χ1v) is 10.5. The van der Waals surface area contributed by atoms with E-state index in [2.05, 4.69) is 20.8 Å². The molecular formula is C21H21N5O4S. The molecular weight excluding hydrogens is 418 g/mol. The summed E-state index contributed by atoms with van der Waals surface area (Å²) < 4.78 is 1.80. The number of nitrogens with one attached hydrogen (secondary N) is 2. The van der Waals surface area contributed by atoms with Crippen molar-refractivity contribution in [3.8, 4) is 0 Å². The van der Waals surface area contributed by atoms with Gasteiger partial charge < -0.3 is 20.3 Å². The number of hydrogen-bond donors (Lipinski definition) is 3. The lowest BCUT2D eigenvalue weighted by atomic mass is 10.2. The lowest BCUT2D eigenvalue weighted by Crippen LogP contribution is -2.18. The van der Waals surface area contributed by atoms with Crippen LogP contribution in [0.4, 0.5) is 11.4 Å². The number of para-hydroxylation sites is 1. The molecule has 2 amide bonds. The van der Waals surface area contributed by atoms with E-state index in [1.165, 1.54) is 36.0 Å². The molecule has 9 nitrogen and oxygen atoms in total. The standard InChI is InChI=1S/C21H21N5O4S/c1-2-26-17(12-18(27)22-15-6-4-3-5-7-15)24-25-21(26)31-13-19(28)23-16-10-8-14(9-11-16)20(29)30/h3-11H,2,12-13H2,1H3,(H,22,27)(H,23,28)(H,29,30). The Morgan fingerprint density at radius 1 is 0.935 bits per heavy atom. The number of aromatic carboxylic acids is 1. The van der Waals surface area contributed by atoms with Gasteiger partial charge in [0.05, 0.1) is 17.7 Å². The van der Waals surface area contributed by atoms with Gasteiger partial charge in [0.1, 0.15) is 5.82 Å². The average Bonchev–Trinajstić information content (AvgIpc) is 3.14. The molecule has 0 unspecified atom stereocenters. The molecule has 0 bridgehead atoms. The van der Waals surface area contributed by atoms with Crippen molar-refractivity contribution in [2.24, 2.45) is 0 Å². The van der Waals surface area contributed by atoms with E-state index in [-0.39, 0.29) is 29.6 Å². The highest BCUT2D eigenvalue weighted by molar-refractivity contribution is 7.99. The van der Waals surface area contributed by atoms with Crippen molar-refractivity contribution < 1.29 is 19.5 Å². The van der Waals surface area contributed by atoms with Gasteiger partial charge in [-0.05, 0) is 43.3 Å². The van der Waals surface area contributed by atoms with Crippen LogP contribution in [0, 0.1) is 0 Å². The molecule has 160 valence electrons. The molecule has 0 aliphatic rings. The zero-order chi connectivity index (χ0) is 22.2. The largest absolute Gasteiger partial charge is 0.478 e. The molecule has 10 heteroatoms. The fraction of sp³-hybridized carbons (Fsp3) is 0.190. The number of benzene rings is 2. The summed E-state index contributed by atoms with van der Waals surface area (Å²) in [5.74, 6) is -0.882. The minimum Gasteiger partial charge on any atom is -0.478 e. The van der Waals surface area contributed by atoms with Crippen molar-refractivity contribution >= 4 is 40.9 Å². The van der Waals surface area contributed by atoms with Crippen LogP contribution in [0.15, 0.2) is 59.8 Å². The van der Waals surface area contributed by atoms with Gasteiger partial charge in [0.2, 0.25) is 11.8 Å². The van der Waals surface area contributed by atoms with Gasteiger partial charge in [0, 0.05) is 17.9 Å². The van der Waals surface area contributed by atoms with E-state index in [1.54, 1.807) is 16.7 Å². The zero-order valence-electron chi connectivity index (χ0n) is 16.7. The summed E-state index contributed by atoms with van der Waals surface area (Å²) in [5, 5.41) is 23.2. The molecule has 0 aliphatic heterocycles. The number of aromatic nitrogens is 3. The van der Waals surface area contributed by atoms with Gasteiger partial charge >= 0.3 is 5.97 Å². The van der Waals surface area contributed by atoms with E-state index in [4.69, 9.17) is 5.11 Å². The highest BCUT2D eigenvalue weighted by Gasteiger charge is 2.16. The second-order valence-corrected chi connectivity index (χ2v) is 7.40. The topological polar surface area (TPSA) is 126 Å². The number of carbonyl (C=O) groups excluding carboxylic acids is 2. The summed E-state index contributed by atoms with van der Waals surface area (Å²) in [6, 6.07) is 15.1. The molecule has 31 heavy (non-hydrogen) atoms. The normalized spacial score (nSPS) is 10.5. The van der Waals surface area contributed by atoms with E-state index in [1.807, 2.05) is 25.1 Å². The minimum atomic E-state index is -1.03. The summed E-state index contributed by atoms with van der Waals surface area (Å²) in [4.78, 5) is 35.4. The van der Waals surface area contributed by atoms with Crippen LogP contribution in [0.1, 0.15) is 23.1 Å². The molecule has 3 N–H and O–H groups in total. The van der Waals surface area contributed by atoms with Crippen molar-refractivity contribution in [1.29, 1.82) is 0 Å². The predicted octanol–water partition coefficient (Wildman–Crippen LogP) is 2.91. The third kappa shape index (κ3) is 6.16. The van der Waals surface area contributed by atoms with Crippen molar-refractivity contribution in [2.45, 2.75) is 25.0 Å². The molecule has 0 spiro atoms. The molecule has 2 aromatic carbocycles. The van der Waals surface area contributed by atoms with Crippen LogP contribution < -0.4 is 10.6 Å². The molecule has 3 aromatic rings. The maximum absolute atomic E-state index is 12.3. The Balaban J connectivity index is 1.55. The Labute approximate surface area is 182 Å². The molecule has 0 atom stereocenters. The second kappa shape index (κ2) is 10.4. The zero-order valence-corrected chi connectivity index (χ0v) is 17.6. The van der Waals surface area contributed by atoms with Crippen molar-refractivity contribution in [3.05, 3.63) is 66.0 Å². The number of hydrogen-bond acceptors (Lipinski definition) is 6.